The molecule has 6 heteroatoms. The molecule has 53 heavy (non-hydrogen) atoms. The molecular formula is C47H48N3O2Pd-. The maximum Gasteiger partial charge on any atom is 0.148 e. The molecule has 0 saturated carbocycles. The van der Waals surface area contributed by atoms with Gasteiger partial charge >= 0.3 is 0 Å². The van der Waals surface area contributed by atoms with Gasteiger partial charge in [0.05, 0.1) is 16.6 Å². The molecule has 0 spiro atoms. The van der Waals surface area contributed by atoms with Gasteiger partial charge in [-0.2, -0.15) is 0 Å². The molecule has 5 aromatic carbocycles. The van der Waals surface area contributed by atoms with Crippen LogP contribution in [0, 0.1) is 6.07 Å². The normalized spacial score (nSPS) is 16.9. The van der Waals surface area contributed by atoms with Crippen LogP contribution in [0.2, 0.25) is 0 Å². The molecule has 1 aliphatic carbocycles. The third-order valence-electron chi connectivity index (χ3n) is 10.7. The molecule has 2 heterocycles. The van der Waals surface area contributed by atoms with Crippen molar-refractivity contribution < 1.29 is 30.3 Å². The van der Waals surface area contributed by atoms with Gasteiger partial charge in [0.2, 0.25) is 0 Å². The first-order valence-corrected chi connectivity index (χ1v) is 18.4. The van der Waals surface area contributed by atoms with Gasteiger partial charge in [0.1, 0.15) is 29.6 Å². The van der Waals surface area contributed by atoms with Crippen molar-refractivity contribution in [2.24, 2.45) is 4.99 Å². The van der Waals surface area contributed by atoms with Crippen LogP contribution in [0.5, 0.6) is 5.75 Å². The maximum atomic E-state index is 12.1. The molecule has 0 saturated heterocycles. The molecule has 5 nitrogen and oxygen atoms in total. The quantitative estimate of drug-likeness (QED) is 0.143. The molecule has 0 radical (unpaired) electrons. The Hall–Kier alpha value is -4.50. The second kappa shape index (κ2) is 13.1. The maximum absolute atomic E-state index is 12.1. The number of nitrogens with zero attached hydrogens (tertiary/aromatic N) is 3. The van der Waals surface area contributed by atoms with E-state index < -0.39 is 0 Å². The van der Waals surface area contributed by atoms with Gasteiger partial charge in [0.15, 0.2) is 0 Å². The van der Waals surface area contributed by atoms with Gasteiger partial charge in [-0.1, -0.05) is 128 Å². The minimum Gasteiger partial charge on any atom is -0.507 e. The number of para-hydroxylation sites is 1. The van der Waals surface area contributed by atoms with Gasteiger partial charge in [-0.15, -0.1) is 29.8 Å². The predicted octanol–water partition coefficient (Wildman–Crippen LogP) is 11.2. The summed E-state index contributed by atoms with van der Waals surface area (Å²) < 4.78 is 8.67. The molecule has 1 aliphatic heterocycles. The SMILES string of the molecule is CC(C)(C)c1ccc(-n2c(-c3cc(C(C)(C)C)cc(C(C)(C)C)c3O)nc3c(-c4[c-]c(C5=N[C@@H]6c7ccccc7C[C@@H]6O5)ccc4)cccc32)cc1.[Pd]. The molecule has 1 N–H and O–H groups in total. The average Bonchev–Trinajstić information content (AvgIpc) is 3.78. The first-order chi connectivity index (χ1) is 24.6. The van der Waals surface area contributed by atoms with Crippen LogP contribution in [0.15, 0.2) is 102 Å². The molecule has 0 unspecified atom stereocenters. The number of hydrogen-bond acceptors (Lipinski definition) is 4. The number of aliphatic imine (C=N–C) groups is 1. The summed E-state index contributed by atoms with van der Waals surface area (Å²) in [4.78, 5) is 10.5. The number of phenolic OH excluding ortho intramolecular Hbond substituents is 1. The Kier molecular flexibility index (Phi) is 9.12. The Morgan fingerprint density at radius 2 is 1.40 bits per heavy atom. The van der Waals surface area contributed by atoms with Crippen LogP contribution in [0.1, 0.15) is 102 Å². The summed E-state index contributed by atoms with van der Waals surface area (Å²) in [5.41, 5.74) is 11.7. The van der Waals surface area contributed by atoms with E-state index in [1.165, 1.54) is 16.7 Å². The fourth-order valence-electron chi connectivity index (χ4n) is 7.66. The zero-order valence-electron chi connectivity index (χ0n) is 32.1. The van der Waals surface area contributed by atoms with E-state index in [1.54, 1.807) is 0 Å². The van der Waals surface area contributed by atoms with Gasteiger partial charge in [-0.05, 0) is 62.8 Å². The monoisotopic (exact) mass is 792 g/mol. The first kappa shape index (κ1) is 36.8. The van der Waals surface area contributed by atoms with Gasteiger partial charge in [-0.25, -0.2) is 4.98 Å². The molecule has 2 atom stereocenters. The molecule has 8 rings (SSSR count). The summed E-state index contributed by atoms with van der Waals surface area (Å²) in [6.45, 7) is 19.8. The van der Waals surface area contributed by atoms with Crippen LogP contribution >= 0.6 is 0 Å². The largest absolute Gasteiger partial charge is 0.507 e. The summed E-state index contributed by atoms with van der Waals surface area (Å²) in [5, 5.41) is 12.1. The van der Waals surface area contributed by atoms with Crippen molar-refractivity contribution in [2.75, 3.05) is 0 Å². The number of benzene rings is 5. The standard InChI is InChI=1S/C47H48N3O2.Pd/c1-45(2,3)31-20-22-33(23-21-31)50-38-19-13-18-34(40(38)48-43(50)36-26-32(46(4,5)6)27-37(42(36)51)47(7,8)9)28-15-12-16-30(24-28)44-49-41-35-17-11-10-14-29(35)25-39(41)52-44;/h10-23,26-27,39,41,51H,25H2,1-9H3;/q-1;/t39-,41+;/m0./s1. The predicted molar refractivity (Wildman–Crippen MR) is 213 cm³/mol. The van der Waals surface area contributed by atoms with Crippen molar-refractivity contribution in [1.82, 2.24) is 9.55 Å². The summed E-state index contributed by atoms with van der Waals surface area (Å²) in [7, 11) is 0. The van der Waals surface area contributed by atoms with Gasteiger partial charge in [-0.3, -0.25) is 9.56 Å². The second-order valence-corrected chi connectivity index (χ2v) is 17.6. The topological polar surface area (TPSA) is 59.6 Å². The van der Waals surface area contributed by atoms with E-state index in [2.05, 4.69) is 158 Å². The van der Waals surface area contributed by atoms with Crippen molar-refractivity contribution in [2.45, 2.75) is 97.1 Å². The molecule has 6 aromatic rings. The summed E-state index contributed by atoms with van der Waals surface area (Å²) in [5.74, 6) is 1.61. The van der Waals surface area contributed by atoms with Crippen LogP contribution in [0.4, 0.5) is 0 Å². The molecule has 0 bridgehead atoms. The Balaban J connectivity index is 0.00000435. The third-order valence-corrected chi connectivity index (χ3v) is 10.7. The van der Waals surface area contributed by atoms with E-state index in [4.69, 9.17) is 14.7 Å². The fraction of sp³-hybridized carbons (Fsp3) is 0.319. The Morgan fingerprint density at radius 3 is 2.09 bits per heavy atom. The Labute approximate surface area is 327 Å². The van der Waals surface area contributed by atoms with Crippen molar-refractivity contribution >= 4 is 16.9 Å². The van der Waals surface area contributed by atoms with Crippen molar-refractivity contribution in [1.29, 1.82) is 0 Å². The summed E-state index contributed by atoms with van der Waals surface area (Å²) in [6, 6.07) is 37.7. The minimum absolute atomic E-state index is 0. The van der Waals surface area contributed by atoms with Crippen molar-refractivity contribution in [3.05, 3.63) is 137 Å². The smallest absolute Gasteiger partial charge is 0.148 e. The van der Waals surface area contributed by atoms with E-state index in [0.29, 0.717) is 11.7 Å². The van der Waals surface area contributed by atoms with E-state index in [1.807, 2.05) is 12.1 Å². The van der Waals surface area contributed by atoms with E-state index >= 15 is 0 Å². The van der Waals surface area contributed by atoms with Crippen molar-refractivity contribution in [3.8, 4) is 34.0 Å². The van der Waals surface area contributed by atoms with Crippen LogP contribution in [-0.2, 0) is 47.8 Å². The Morgan fingerprint density at radius 1 is 0.717 bits per heavy atom. The minimum atomic E-state index is -0.280. The first-order valence-electron chi connectivity index (χ1n) is 18.4. The number of imidazole rings is 1. The summed E-state index contributed by atoms with van der Waals surface area (Å²) >= 11 is 0. The van der Waals surface area contributed by atoms with E-state index in [-0.39, 0.29) is 54.6 Å². The number of ether oxygens (including phenoxy) is 1. The molecule has 274 valence electrons. The zero-order valence-corrected chi connectivity index (χ0v) is 33.7. The van der Waals surface area contributed by atoms with Gasteiger partial charge in [0.25, 0.3) is 0 Å². The molecular weight excluding hydrogens is 745 g/mol. The number of hydrogen-bond donors (Lipinski definition) is 1. The molecule has 0 fully saturated rings. The molecule has 2 aliphatic rings. The number of fused-ring (bicyclic) bond motifs is 4. The van der Waals surface area contributed by atoms with Crippen LogP contribution in [0.25, 0.3) is 39.2 Å². The number of aromatic hydroxyl groups is 1. The number of phenols is 1. The van der Waals surface area contributed by atoms with Gasteiger partial charge in [0, 0.05) is 38.1 Å². The molecule has 0 amide bonds. The molecule has 1 aromatic heterocycles. The van der Waals surface area contributed by atoms with Crippen LogP contribution < -0.4 is 0 Å². The summed E-state index contributed by atoms with van der Waals surface area (Å²) in [6.07, 6.45) is 0.884. The number of aromatic nitrogens is 2. The van der Waals surface area contributed by atoms with E-state index in [0.717, 1.165) is 56.5 Å². The number of rotatable bonds is 4. The average molecular weight is 793 g/mol. The Bertz CT molecular complexity index is 2380. The van der Waals surface area contributed by atoms with Crippen molar-refractivity contribution in [3.63, 3.8) is 0 Å². The zero-order chi connectivity index (χ0) is 36.7. The third kappa shape index (κ3) is 6.55. The fourth-order valence-corrected chi connectivity index (χ4v) is 7.66. The van der Waals surface area contributed by atoms with Crippen LogP contribution in [0.3, 0.4) is 0 Å². The van der Waals surface area contributed by atoms with Crippen LogP contribution in [-0.4, -0.2) is 26.7 Å². The van der Waals surface area contributed by atoms with Gasteiger partial charge < -0.3 is 9.84 Å². The second-order valence-electron chi connectivity index (χ2n) is 17.6. The van der Waals surface area contributed by atoms with E-state index in [9.17, 15) is 5.11 Å².